The van der Waals surface area contributed by atoms with Crippen LogP contribution in [0.15, 0.2) is 36.4 Å². The Morgan fingerprint density at radius 2 is 1.83 bits per heavy atom. The maximum Gasteiger partial charge on any atom is 0.410 e. The van der Waals surface area contributed by atoms with Crippen LogP contribution in [-0.2, 0) is 4.74 Å². The molecule has 2 aromatic rings. The van der Waals surface area contributed by atoms with Crippen LogP contribution in [-0.4, -0.2) is 54.1 Å². The van der Waals surface area contributed by atoms with Gasteiger partial charge in [0.2, 0.25) is 0 Å². The van der Waals surface area contributed by atoms with E-state index in [1.54, 1.807) is 36.2 Å². The van der Waals surface area contributed by atoms with Crippen LogP contribution in [0, 0.1) is 5.82 Å². The number of ether oxygens (including phenoxy) is 1. The summed E-state index contributed by atoms with van der Waals surface area (Å²) in [5.41, 5.74) is -0.119. The molecule has 2 saturated heterocycles. The Bertz CT molecular complexity index is 830. The van der Waals surface area contributed by atoms with Crippen LogP contribution >= 0.6 is 0 Å². The number of benzene rings is 2. The first-order chi connectivity index (χ1) is 11.0. The van der Waals surface area contributed by atoms with E-state index in [1.165, 1.54) is 17.0 Å². The number of rotatable bonds is 1. The first-order valence-electron chi connectivity index (χ1n) is 7.40. The second-order valence-electron chi connectivity index (χ2n) is 6.21. The summed E-state index contributed by atoms with van der Waals surface area (Å²) in [5.74, 6) is -0.513. The number of hydrogen-bond acceptors (Lipinski definition) is 3. The minimum atomic E-state index is -0.586. The van der Waals surface area contributed by atoms with E-state index in [1.807, 2.05) is 0 Å². The third-order valence-corrected chi connectivity index (χ3v) is 4.49. The lowest BCUT2D eigenvalue weighted by Crippen LogP contribution is -2.65. The van der Waals surface area contributed by atoms with Crippen LogP contribution in [0.2, 0.25) is 0 Å². The highest BCUT2D eigenvalue weighted by molar-refractivity contribution is 6.07. The molecule has 0 aromatic heterocycles. The molecule has 5 nitrogen and oxygen atoms in total. The molecule has 6 heteroatoms. The summed E-state index contributed by atoms with van der Waals surface area (Å²) < 4.78 is 19.2. The Labute approximate surface area is 132 Å². The molecule has 0 N–H and O–H groups in total. The Morgan fingerprint density at radius 3 is 2.48 bits per heavy atom. The van der Waals surface area contributed by atoms with Crippen molar-refractivity contribution >= 4 is 22.8 Å². The zero-order valence-electron chi connectivity index (χ0n) is 12.6. The van der Waals surface area contributed by atoms with E-state index in [-0.39, 0.29) is 17.8 Å². The standard InChI is InChI=1S/C17H15FN2O3/c1-19-8-17(23-16(19)22)9-20(10-17)15(21)13-6-7-14(18)12-5-3-2-4-11(12)13/h2-7H,8-10H2,1H3. The van der Waals surface area contributed by atoms with Gasteiger partial charge < -0.3 is 14.5 Å². The van der Waals surface area contributed by atoms with Crippen molar-refractivity contribution in [3.63, 3.8) is 0 Å². The van der Waals surface area contributed by atoms with E-state index in [0.29, 0.717) is 36.0 Å². The largest absolute Gasteiger partial charge is 0.437 e. The molecule has 0 radical (unpaired) electrons. The normalized spacial score (nSPS) is 19.1. The molecule has 0 aliphatic carbocycles. The van der Waals surface area contributed by atoms with Gasteiger partial charge in [0.05, 0.1) is 19.6 Å². The van der Waals surface area contributed by atoms with Crippen molar-refractivity contribution in [2.24, 2.45) is 0 Å². The van der Waals surface area contributed by atoms with Crippen LogP contribution in [0.4, 0.5) is 9.18 Å². The molecular weight excluding hydrogens is 299 g/mol. The second-order valence-corrected chi connectivity index (χ2v) is 6.21. The van der Waals surface area contributed by atoms with Gasteiger partial charge in [-0.25, -0.2) is 9.18 Å². The number of carbonyl (C=O) groups excluding carboxylic acids is 2. The molecule has 118 valence electrons. The van der Waals surface area contributed by atoms with E-state index >= 15 is 0 Å². The predicted molar refractivity (Wildman–Crippen MR) is 81.7 cm³/mol. The number of amides is 2. The van der Waals surface area contributed by atoms with Crippen molar-refractivity contribution in [2.75, 3.05) is 26.7 Å². The summed E-state index contributed by atoms with van der Waals surface area (Å²) in [6, 6.07) is 9.75. The number of fused-ring (bicyclic) bond motifs is 1. The van der Waals surface area contributed by atoms with Crippen LogP contribution in [0.3, 0.4) is 0 Å². The molecule has 23 heavy (non-hydrogen) atoms. The number of likely N-dealkylation sites (tertiary alicyclic amines) is 1. The minimum Gasteiger partial charge on any atom is -0.437 e. The van der Waals surface area contributed by atoms with Crippen molar-refractivity contribution in [1.82, 2.24) is 9.80 Å². The van der Waals surface area contributed by atoms with Gasteiger partial charge in [-0.3, -0.25) is 4.79 Å². The van der Waals surface area contributed by atoms with Crippen LogP contribution < -0.4 is 0 Å². The second kappa shape index (κ2) is 4.68. The number of carbonyl (C=O) groups is 2. The maximum atomic E-state index is 13.9. The van der Waals surface area contributed by atoms with E-state index in [0.717, 1.165) is 0 Å². The number of likely N-dealkylation sites (N-methyl/N-ethyl adjacent to an activating group) is 1. The van der Waals surface area contributed by atoms with Gasteiger partial charge >= 0.3 is 6.09 Å². The zero-order valence-corrected chi connectivity index (χ0v) is 12.6. The minimum absolute atomic E-state index is 0.169. The predicted octanol–water partition coefficient (Wildman–Crippen LogP) is 2.26. The topological polar surface area (TPSA) is 49.9 Å². The van der Waals surface area contributed by atoms with E-state index in [2.05, 4.69) is 0 Å². The fourth-order valence-corrected chi connectivity index (χ4v) is 3.37. The summed E-state index contributed by atoms with van der Waals surface area (Å²) in [5, 5.41) is 1.03. The first-order valence-corrected chi connectivity index (χ1v) is 7.40. The Kier molecular flexibility index (Phi) is 2.85. The Hall–Kier alpha value is -2.63. The Balaban J connectivity index is 1.60. The molecule has 0 unspecified atom stereocenters. The molecule has 2 fully saturated rings. The number of hydrogen-bond donors (Lipinski definition) is 0. The monoisotopic (exact) mass is 314 g/mol. The molecule has 2 heterocycles. The van der Waals surface area contributed by atoms with Gasteiger partial charge in [0.15, 0.2) is 5.60 Å². The third kappa shape index (κ3) is 2.05. The average molecular weight is 314 g/mol. The Morgan fingerprint density at radius 1 is 1.13 bits per heavy atom. The molecule has 4 rings (SSSR count). The SMILES string of the molecule is CN1CC2(CN(C(=O)c3ccc(F)c4ccccc34)C2)OC1=O. The lowest BCUT2D eigenvalue weighted by molar-refractivity contribution is -0.0580. The van der Waals surface area contributed by atoms with Gasteiger partial charge in [-0.1, -0.05) is 24.3 Å². The van der Waals surface area contributed by atoms with Crippen molar-refractivity contribution in [1.29, 1.82) is 0 Å². The number of halogens is 1. The van der Waals surface area contributed by atoms with E-state index < -0.39 is 5.60 Å². The summed E-state index contributed by atoms with van der Waals surface area (Å²) >= 11 is 0. The number of nitrogens with zero attached hydrogens (tertiary/aromatic N) is 2. The molecule has 2 aliphatic rings. The third-order valence-electron chi connectivity index (χ3n) is 4.49. The summed E-state index contributed by atoms with van der Waals surface area (Å²) in [7, 11) is 1.68. The summed E-state index contributed by atoms with van der Waals surface area (Å²) in [6.45, 7) is 1.22. The van der Waals surface area contributed by atoms with Crippen molar-refractivity contribution in [2.45, 2.75) is 5.60 Å². The first kappa shape index (κ1) is 14.0. The van der Waals surface area contributed by atoms with Crippen molar-refractivity contribution < 1.29 is 18.7 Å². The lowest BCUT2D eigenvalue weighted by Gasteiger charge is -2.45. The molecule has 2 aliphatic heterocycles. The van der Waals surface area contributed by atoms with Gasteiger partial charge in [0.1, 0.15) is 5.82 Å². The van der Waals surface area contributed by atoms with Crippen LogP contribution in [0.1, 0.15) is 10.4 Å². The van der Waals surface area contributed by atoms with Gasteiger partial charge in [-0.15, -0.1) is 0 Å². The van der Waals surface area contributed by atoms with Gasteiger partial charge in [-0.2, -0.15) is 0 Å². The van der Waals surface area contributed by atoms with Gasteiger partial charge in [-0.05, 0) is 17.5 Å². The van der Waals surface area contributed by atoms with Crippen LogP contribution in [0.5, 0.6) is 0 Å². The quantitative estimate of drug-likeness (QED) is 0.811. The maximum absolute atomic E-state index is 13.9. The van der Waals surface area contributed by atoms with Crippen molar-refractivity contribution in [3.05, 3.63) is 47.8 Å². The molecule has 0 atom stereocenters. The van der Waals surface area contributed by atoms with Crippen LogP contribution in [0.25, 0.3) is 10.8 Å². The summed E-state index contributed by atoms with van der Waals surface area (Å²) in [6.07, 6.45) is -0.357. The zero-order chi connectivity index (χ0) is 16.2. The smallest absolute Gasteiger partial charge is 0.410 e. The average Bonchev–Trinajstić information content (AvgIpc) is 2.82. The molecular formula is C17H15FN2O3. The summed E-state index contributed by atoms with van der Waals surface area (Å²) in [4.78, 5) is 27.3. The molecule has 0 bridgehead atoms. The van der Waals surface area contributed by atoms with E-state index in [4.69, 9.17) is 4.74 Å². The molecule has 2 aromatic carbocycles. The fourth-order valence-electron chi connectivity index (χ4n) is 3.37. The van der Waals surface area contributed by atoms with Crippen molar-refractivity contribution in [3.8, 4) is 0 Å². The highest BCUT2D eigenvalue weighted by Gasteiger charge is 2.54. The van der Waals surface area contributed by atoms with Gasteiger partial charge in [0, 0.05) is 18.0 Å². The molecule has 0 saturated carbocycles. The molecule has 1 spiro atoms. The molecule has 2 amide bonds. The fraction of sp³-hybridized carbons (Fsp3) is 0.294. The lowest BCUT2D eigenvalue weighted by atomic mass is 9.92. The van der Waals surface area contributed by atoms with Gasteiger partial charge in [0.25, 0.3) is 5.91 Å². The van der Waals surface area contributed by atoms with E-state index in [9.17, 15) is 14.0 Å². The highest BCUT2D eigenvalue weighted by atomic mass is 19.1. The highest BCUT2D eigenvalue weighted by Crippen LogP contribution is 2.33.